The zero-order valence-electron chi connectivity index (χ0n) is 13.9. The molecule has 0 amide bonds. The van der Waals surface area contributed by atoms with Crippen molar-refractivity contribution in [3.63, 3.8) is 0 Å². The second-order valence-electron chi connectivity index (χ2n) is 6.29. The lowest BCUT2D eigenvalue weighted by Crippen LogP contribution is -2.30. The molecule has 0 unspecified atom stereocenters. The molecule has 0 radical (unpaired) electrons. The number of benzene rings is 2. The molecule has 4 rings (SSSR count). The molecule has 0 aliphatic carbocycles. The fourth-order valence-electron chi connectivity index (χ4n) is 3.21. The number of rotatable bonds is 4. The summed E-state index contributed by atoms with van der Waals surface area (Å²) in [6.07, 6.45) is 2.11. The second-order valence-corrected chi connectivity index (χ2v) is 6.29. The van der Waals surface area contributed by atoms with Crippen molar-refractivity contribution in [2.75, 3.05) is 6.54 Å². The van der Waals surface area contributed by atoms with Crippen molar-refractivity contribution in [2.24, 2.45) is 0 Å². The van der Waals surface area contributed by atoms with Gasteiger partial charge >= 0.3 is 0 Å². The van der Waals surface area contributed by atoms with Gasteiger partial charge in [-0.2, -0.15) is 4.98 Å². The highest BCUT2D eigenvalue weighted by Crippen LogP contribution is 2.21. The molecule has 4 nitrogen and oxygen atoms in total. The first-order valence-electron chi connectivity index (χ1n) is 8.53. The molecule has 4 heteroatoms. The van der Waals surface area contributed by atoms with Crippen molar-refractivity contribution < 1.29 is 4.52 Å². The summed E-state index contributed by atoms with van der Waals surface area (Å²) in [5.41, 5.74) is 5.18. The number of aromatic nitrogens is 2. The molecular weight excluding hydrogens is 298 g/mol. The minimum Gasteiger partial charge on any atom is -0.338 e. The number of hydrogen-bond acceptors (Lipinski definition) is 4. The Balaban J connectivity index is 1.46. The number of hydrogen-bond donors (Lipinski definition) is 0. The van der Waals surface area contributed by atoms with Crippen LogP contribution in [0.3, 0.4) is 0 Å². The Bertz CT molecular complexity index is 823. The molecule has 2 heterocycles. The van der Waals surface area contributed by atoms with Gasteiger partial charge in [-0.05, 0) is 29.5 Å². The van der Waals surface area contributed by atoms with Gasteiger partial charge in [-0.3, -0.25) is 4.90 Å². The predicted molar refractivity (Wildman–Crippen MR) is 93.4 cm³/mol. The van der Waals surface area contributed by atoms with E-state index in [-0.39, 0.29) is 0 Å². The lowest BCUT2D eigenvalue weighted by molar-refractivity contribution is 0.210. The van der Waals surface area contributed by atoms with Gasteiger partial charge in [0.1, 0.15) is 0 Å². The third kappa shape index (κ3) is 3.10. The van der Waals surface area contributed by atoms with Gasteiger partial charge in [-0.15, -0.1) is 0 Å². The van der Waals surface area contributed by atoms with E-state index in [1.165, 1.54) is 16.7 Å². The van der Waals surface area contributed by atoms with Crippen LogP contribution in [0.1, 0.15) is 29.5 Å². The van der Waals surface area contributed by atoms with Crippen molar-refractivity contribution in [2.45, 2.75) is 32.9 Å². The van der Waals surface area contributed by atoms with Gasteiger partial charge in [0.15, 0.2) is 0 Å². The van der Waals surface area contributed by atoms with Gasteiger partial charge < -0.3 is 4.52 Å². The molecule has 1 aromatic heterocycles. The molecule has 24 heavy (non-hydrogen) atoms. The third-order valence-electron chi connectivity index (χ3n) is 4.66. The fraction of sp³-hybridized carbons (Fsp3) is 0.300. The van der Waals surface area contributed by atoms with Crippen LogP contribution in [0.25, 0.3) is 11.4 Å². The largest absolute Gasteiger partial charge is 0.338 e. The third-order valence-corrected chi connectivity index (χ3v) is 4.66. The molecule has 0 saturated heterocycles. The molecule has 0 bridgehead atoms. The maximum Gasteiger partial charge on any atom is 0.241 e. The van der Waals surface area contributed by atoms with Gasteiger partial charge in [-0.1, -0.05) is 60.6 Å². The first-order chi connectivity index (χ1) is 11.8. The zero-order chi connectivity index (χ0) is 16.4. The second kappa shape index (κ2) is 6.57. The van der Waals surface area contributed by atoms with E-state index in [0.29, 0.717) is 18.3 Å². The maximum absolute atomic E-state index is 5.46. The van der Waals surface area contributed by atoms with Crippen LogP contribution in [0.2, 0.25) is 0 Å². The molecule has 0 N–H and O–H groups in total. The van der Waals surface area contributed by atoms with Crippen molar-refractivity contribution in [3.8, 4) is 11.4 Å². The molecule has 0 atom stereocenters. The first kappa shape index (κ1) is 15.1. The van der Waals surface area contributed by atoms with Gasteiger partial charge in [0.25, 0.3) is 0 Å². The summed E-state index contributed by atoms with van der Waals surface area (Å²) >= 11 is 0. The highest BCUT2D eigenvalue weighted by molar-refractivity contribution is 5.54. The average Bonchev–Trinajstić information content (AvgIpc) is 3.10. The number of aryl methyl sites for hydroxylation is 1. The Hall–Kier alpha value is -2.46. The molecule has 1 aliphatic heterocycles. The van der Waals surface area contributed by atoms with Gasteiger partial charge in [0.05, 0.1) is 6.54 Å². The van der Waals surface area contributed by atoms with Crippen LogP contribution in [-0.2, 0) is 25.9 Å². The monoisotopic (exact) mass is 319 g/mol. The Kier molecular flexibility index (Phi) is 4.13. The average molecular weight is 319 g/mol. The van der Waals surface area contributed by atoms with Crippen LogP contribution < -0.4 is 0 Å². The van der Waals surface area contributed by atoms with Crippen molar-refractivity contribution in [3.05, 3.63) is 71.1 Å². The summed E-state index contributed by atoms with van der Waals surface area (Å²) in [5, 5.41) is 4.14. The topological polar surface area (TPSA) is 42.2 Å². The molecule has 1 aliphatic rings. The lowest BCUT2D eigenvalue weighted by Gasteiger charge is -2.27. The predicted octanol–water partition coefficient (Wildman–Crippen LogP) is 3.86. The van der Waals surface area contributed by atoms with E-state index in [9.17, 15) is 0 Å². The zero-order valence-corrected chi connectivity index (χ0v) is 13.9. The minimum absolute atomic E-state index is 0.671. The van der Waals surface area contributed by atoms with E-state index >= 15 is 0 Å². The summed E-state index contributed by atoms with van der Waals surface area (Å²) in [5.74, 6) is 1.36. The van der Waals surface area contributed by atoms with E-state index < -0.39 is 0 Å². The standard InChI is InChI=1S/C20H21N3O/c1-2-15-7-9-17(10-8-15)20-21-19(24-22-20)14-23-12-11-16-5-3-4-6-18(16)13-23/h3-10H,2,11-14H2,1H3. The van der Waals surface area contributed by atoms with Crippen LogP contribution in [-0.4, -0.2) is 21.6 Å². The van der Waals surface area contributed by atoms with Crippen LogP contribution in [0.5, 0.6) is 0 Å². The molecule has 0 fully saturated rings. The molecule has 2 aromatic carbocycles. The van der Waals surface area contributed by atoms with E-state index in [4.69, 9.17) is 4.52 Å². The number of nitrogens with zero attached hydrogens (tertiary/aromatic N) is 3. The van der Waals surface area contributed by atoms with Crippen LogP contribution in [0.4, 0.5) is 0 Å². The quantitative estimate of drug-likeness (QED) is 0.732. The van der Waals surface area contributed by atoms with E-state index in [1.54, 1.807) is 0 Å². The van der Waals surface area contributed by atoms with E-state index in [0.717, 1.165) is 31.5 Å². The van der Waals surface area contributed by atoms with Crippen LogP contribution >= 0.6 is 0 Å². The smallest absolute Gasteiger partial charge is 0.241 e. The van der Waals surface area contributed by atoms with Crippen molar-refractivity contribution >= 4 is 0 Å². The van der Waals surface area contributed by atoms with Crippen LogP contribution in [0, 0.1) is 0 Å². The molecule has 3 aromatic rings. The minimum atomic E-state index is 0.671. The SMILES string of the molecule is CCc1ccc(-c2noc(CN3CCc4ccccc4C3)n2)cc1. The lowest BCUT2D eigenvalue weighted by atomic mass is 10.00. The van der Waals surface area contributed by atoms with Crippen molar-refractivity contribution in [1.29, 1.82) is 0 Å². The highest BCUT2D eigenvalue weighted by atomic mass is 16.5. The highest BCUT2D eigenvalue weighted by Gasteiger charge is 2.18. The Morgan fingerprint density at radius 2 is 1.83 bits per heavy atom. The van der Waals surface area contributed by atoms with Gasteiger partial charge in [-0.25, -0.2) is 0 Å². The van der Waals surface area contributed by atoms with E-state index in [1.807, 2.05) is 0 Å². The molecule has 0 saturated carbocycles. The molecular formula is C20H21N3O. The molecule has 0 spiro atoms. The normalized spacial score (nSPS) is 14.5. The van der Waals surface area contributed by atoms with E-state index in [2.05, 4.69) is 70.5 Å². The van der Waals surface area contributed by atoms with Gasteiger partial charge in [0.2, 0.25) is 11.7 Å². The van der Waals surface area contributed by atoms with Crippen LogP contribution in [0.15, 0.2) is 53.1 Å². The van der Waals surface area contributed by atoms with Crippen molar-refractivity contribution in [1.82, 2.24) is 15.0 Å². The van der Waals surface area contributed by atoms with Gasteiger partial charge in [0, 0.05) is 18.7 Å². The summed E-state index contributed by atoms with van der Waals surface area (Å²) < 4.78 is 5.46. The summed E-state index contributed by atoms with van der Waals surface area (Å²) in [6.45, 7) is 4.83. The Labute approximate surface area is 142 Å². The molecule has 122 valence electrons. The summed E-state index contributed by atoms with van der Waals surface area (Å²) in [7, 11) is 0. The maximum atomic E-state index is 5.46. The number of fused-ring (bicyclic) bond motifs is 1. The Morgan fingerprint density at radius 1 is 1.04 bits per heavy atom. The first-order valence-corrected chi connectivity index (χ1v) is 8.53. The summed E-state index contributed by atoms with van der Waals surface area (Å²) in [4.78, 5) is 6.93. The fourth-order valence-corrected chi connectivity index (χ4v) is 3.21. The summed E-state index contributed by atoms with van der Waals surface area (Å²) in [6, 6.07) is 17.0. The Morgan fingerprint density at radius 3 is 2.62 bits per heavy atom.